The highest BCUT2D eigenvalue weighted by Crippen LogP contribution is 2.08. The van der Waals surface area contributed by atoms with E-state index in [2.05, 4.69) is 6.58 Å². The summed E-state index contributed by atoms with van der Waals surface area (Å²) in [6.07, 6.45) is 1.45. The Labute approximate surface area is 88.6 Å². The maximum atomic E-state index is 11.1. The van der Waals surface area contributed by atoms with Crippen LogP contribution in [0.1, 0.15) is 19.8 Å². The molecule has 0 N–H and O–H groups in total. The van der Waals surface area contributed by atoms with Crippen molar-refractivity contribution in [3.63, 3.8) is 0 Å². The van der Waals surface area contributed by atoms with Crippen molar-refractivity contribution in [3.05, 3.63) is 12.2 Å². The van der Waals surface area contributed by atoms with Gasteiger partial charge in [0.1, 0.15) is 6.73 Å². The van der Waals surface area contributed by atoms with Gasteiger partial charge in [0, 0.05) is 18.5 Å². The Bertz CT molecular complexity index is 275. The minimum atomic E-state index is -0.484. The van der Waals surface area contributed by atoms with Gasteiger partial charge in [0.05, 0.1) is 0 Å². The molecule has 0 aromatic carbocycles. The lowest BCUT2D eigenvalue weighted by Gasteiger charge is -2.15. The van der Waals surface area contributed by atoms with Crippen LogP contribution in [-0.2, 0) is 19.1 Å². The Balaban J connectivity index is 2.09. The molecule has 1 heterocycles. The molecule has 5 heteroatoms. The van der Waals surface area contributed by atoms with Crippen LogP contribution in [0.15, 0.2) is 12.2 Å². The molecule has 0 spiro atoms. The summed E-state index contributed by atoms with van der Waals surface area (Å²) in [5.41, 5.74) is 0.329. The van der Waals surface area contributed by atoms with Crippen molar-refractivity contribution in [1.82, 2.24) is 4.90 Å². The first-order chi connectivity index (χ1) is 7.11. The first kappa shape index (κ1) is 11.7. The molecule has 1 saturated heterocycles. The average Bonchev–Trinajstić information content (AvgIpc) is 2.58. The van der Waals surface area contributed by atoms with E-state index in [1.54, 1.807) is 11.8 Å². The van der Waals surface area contributed by atoms with E-state index in [4.69, 9.17) is 9.47 Å². The van der Waals surface area contributed by atoms with Gasteiger partial charge < -0.3 is 14.4 Å². The quantitative estimate of drug-likeness (QED) is 0.291. The zero-order valence-electron chi connectivity index (χ0n) is 8.82. The Morgan fingerprint density at radius 2 is 2.33 bits per heavy atom. The fraction of sp³-hybridized carbons (Fsp3) is 0.600. The predicted molar refractivity (Wildman–Crippen MR) is 52.7 cm³/mol. The van der Waals surface area contributed by atoms with Gasteiger partial charge in [0.2, 0.25) is 5.91 Å². The third kappa shape index (κ3) is 3.71. The molecule has 1 aliphatic rings. The predicted octanol–water partition coefficient (Wildman–Crippen LogP) is 0.660. The first-order valence-electron chi connectivity index (χ1n) is 4.79. The Kier molecular flexibility index (Phi) is 4.30. The Hall–Kier alpha value is -1.36. The molecular weight excluding hydrogens is 198 g/mol. The van der Waals surface area contributed by atoms with Crippen LogP contribution in [0.3, 0.4) is 0 Å². The molecule has 0 saturated carbocycles. The summed E-state index contributed by atoms with van der Waals surface area (Å²) >= 11 is 0. The van der Waals surface area contributed by atoms with Crippen molar-refractivity contribution in [2.75, 3.05) is 20.1 Å². The fourth-order valence-corrected chi connectivity index (χ4v) is 1.21. The highest BCUT2D eigenvalue weighted by molar-refractivity contribution is 5.86. The second-order valence-corrected chi connectivity index (χ2v) is 3.42. The van der Waals surface area contributed by atoms with E-state index >= 15 is 0 Å². The Morgan fingerprint density at radius 3 is 2.87 bits per heavy atom. The van der Waals surface area contributed by atoms with Crippen LogP contribution in [0.2, 0.25) is 0 Å². The van der Waals surface area contributed by atoms with Crippen molar-refractivity contribution < 1.29 is 19.1 Å². The summed E-state index contributed by atoms with van der Waals surface area (Å²) in [6, 6.07) is 0. The van der Waals surface area contributed by atoms with Crippen LogP contribution in [0.5, 0.6) is 0 Å². The maximum Gasteiger partial charge on any atom is 0.335 e. The summed E-state index contributed by atoms with van der Waals surface area (Å²) in [4.78, 5) is 23.6. The normalized spacial score (nSPS) is 15.5. The second kappa shape index (κ2) is 5.50. The Morgan fingerprint density at radius 1 is 1.60 bits per heavy atom. The van der Waals surface area contributed by atoms with Gasteiger partial charge in [-0.2, -0.15) is 0 Å². The van der Waals surface area contributed by atoms with Crippen LogP contribution in [0.25, 0.3) is 0 Å². The van der Waals surface area contributed by atoms with E-state index in [9.17, 15) is 9.59 Å². The van der Waals surface area contributed by atoms with Crippen LogP contribution in [-0.4, -0.2) is 36.8 Å². The number of nitrogens with zero attached hydrogens (tertiary/aromatic N) is 1. The van der Waals surface area contributed by atoms with E-state index in [-0.39, 0.29) is 19.4 Å². The van der Waals surface area contributed by atoms with Crippen LogP contribution in [0, 0.1) is 0 Å². The molecule has 0 aromatic rings. The van der Waals surface area contributed by atoms with Crippen molar-refractivity contribution in [3.8, 4) is 0 Å². The number of esters is 1. The largest absolute Gasteiger partial charge is 0.435 e. The second-order valence-electron chi connectivity index (χ2n) is 3.42. The van der Waals surface area contributed by atoms with Crippen LogP contribution in [0.4, 0.5) is 0 Å². The van der Waals surface area contributed by atoms with Gasteiger partial charge in [-0.3, -0.25) is 4.79 Å². The minimum Gasteiger partial charge on any atom is -0.435 e. The first-order valence-corrected chi connectivity index (χ1v) is 4.79. The molecule has 1 rings (SSSR count). The van der Waals surface area contributed by atoms with E-state index < -0.39 is 5.97 Å². The van der Waals surface area contributed by atoms with Gasteiger partial charge in [-0.25, -0.2) is 4.79 Å². The molecule has 0 radical (unpaired) electrons. The summed E-state index contributed by atoms with van der Waals surface area (Å²) in [5, 5.41) is 0. The monoisotopic (exact) mass is 213 g/mol. The van der Waals surface area contributed by atoms with E-state index in [0.29, 0.717) is 18.5 Å². The van der Waals surface area contributed by atoms with Gasteiger partial charge >= 0.3 is 5.97 Å². The third-order valence-electron chi connectivity index (χ3n) is 2.04. The van der Waals surface area contributed by atoms with Crippen molar-refractivity contribution >= 4 is 11.9 Å². The lowest BCUT2D eigenvalue weighted by atomic mass is 10.4. The third-order valence-corrected chi connectivity index (χ3v) is 2.04. The summed E-state index contributed by atoms with van der Waals surface area (Å²) in [6.45, 7) is 5.75. The summed E-state index contributed by atoms with van der Waals surface area (Å²) in [5.74, 6) is -0.399. The molecule has 0 aromatic heterocycles. The summed E-state index contributed by atoms with van der Waals surface area (Å²) < 4.78 is 9.73. The highest BCUT2D eigenvalue weighted by atomic mass is 16.7. The van der Waals surface area contributed by atoms with E-state index in [0.717, 1.165) is 6.42 Å². The van der Waals surface area contributed by atoms with Gasteiger partial charge in [-0.1, -0.05) is 6.58 Å². The highest BCUT2D eigenvalue weighted by Gasteiger charge is 2.19. The molecule has 0 aliphatic carbocycles. The molecule has 1 aliphatic heterocycles. The van der Waals surface area contributed by atoms with Gasteiger partial charge in [0.15, 0.2) is 6.79 Å². The molecular formula is C10H15NO4. The lowest BCUT2D eigenvalue weighted by molar-refractivity contribution is -0.157. The summed E-state index contributed by atoms with van der Waals surface area (Å²) in [7, 11) is 0. The molecule has 0 bridgehead atoms. The van der Waals surface area contributed by atoms with Gasteiger partial charge in [-0.15, -0.1) is 0 Å². The fourth-order valence-electron chi connectivity index (χ4n) is 1.21. The molecule has 0 atom stereocenters. The molecule has 15 heavy (non-hydrogen) atoms. The number of likely N-dealkylation sites (tertiary alicyclic amines) is 1. The number of carbonyl (C=O) groups is 2. The molecule has 0 unspecified atom stereocenters. The van der Waals surface area contributed by atoms with Crippen LogP contribution < -0.4 is 0 Å². The molecule has 1 fully saturated rings. The smallest absolute Gasteiger partial charge is 0.335 e. The van der Waals surface area contributed by atoms with Crippen molar-refractivity contribution in [2.24, 2.45) is 0 Å². The SMILES string of the molecule is C=C(C)C(=O)OCOCN1CCCC1=O. The molecule has 5 nitrogen and oxygen atoms in total. The van der Waals surface area contributed by atoms with Gasteiger partial charge in [0.25, 0.3) is 0 Å². The van der Waals surface area contributed by atoms with Crippen LogP contribution >= 0.6 is 0 Å². The zero-order chi connectivity index (χ0) is 11.3. The molecule has 84 valence electrons. The van der Waals surface area contributed by atoms with E-state index in [1.807, 2.05) is 0 Å². The van der Waals surface area contributed by atoms with E-state index in [1.165, 1.54) is 0 Å². The maximum absolute atomic E-state index is 11.1. The number of rotatable bonds is 5. The van der Waals surface area contributed by atoms with Crippen molar-refractivity contribution in [1.29, 1.82) is 0 Å². The number of hydrogen-bond acceptors (Lipinski definition) is 4. The minimum absolute atomic E-state index is 0.0845. The number of amides is 1. The van der Waals surface area contributed by atoms with Crippen molar-refractivity contribution in [2.45, 2.75) is 19.8 Å². The van der Waals surface area contributed by atoms with Gasteiger partial charge in [-0.05, 0) is 13.3 Å². The number of carbonyl (C=O) groups excluding carboxylic acids is 2. The standard InChI is InChI=1S/C10H15NO4/c1-8(2)10(13)15-7-14-6-11-5-3-4-9(11)12/h1,3-7H2,2H3. The lowest BCUT2D eigenvalue weighted by Crippen LogP contribution is -2.28. The number of ether oxygens (including phenoxy) is 2. The molecule has 1 amide bonds. The average molecular weight is 213 g/mol. The number of hydrogen-bond donors (Lipinski definition) is 0. The topological polar surface area (TPSA) is 55.8 Å². The zero-order valence-corrected chi connectivity index (χ0v) is 8.82.